The predicted molar refractivity (Wildman–Crippen MR) is 87.1 cm³/mol. The minimum absolute atomic E-state index is 0.150. The zero-order chi connectivity index (χ0) is 15.3. The highest BCUT2D eigenvalue weighted by molar-refractivity contribution is 5.58. The van der Waals surface area contributed by atoms with Crippen molar-refractivity contribution in [3.05, 3.63) is 24.3 Å². The third kappa shape index (κ3) is 4.61. The maximum absolute atomic E-state index is 6.09. The zero-order valence-electron chi connectivity index (χ0n) is 13.5. The number of anilines is 1. The number of rotatable bonds is 6. The SMILES string of the molecule is COC(C)(C)CCOc1ccccc1N1CCCC(N)C1. The van der Waals surface area contributed by atoms with E-state index in [1.807, 2.05) is 12.1 Å². The van der Waals surface area contributed by atoms with Crippen LogP contribution >= 0.6 is 0 Å². The van der Waals surface area contributed by atoms with Crippen LogP contribution in [-0.2, 0) is 4.74 Å². The van der Waals surface area contributed by atoms with Crippen molar-refractivity contribution in [3.8, 4) is 5.75 Å². The van der Waals surface area contributed by atoms with Gasteiger partial charge >= 0.3 is 0 Å². The highest BCUT2D eigenvalue weighted by Crippen LogP contribution is 2.30. The number of ether oxygens (including phenoxy) is 2. The lowest BCUT2D eigenvalue weighted by Crippen LogP contribution is -2.43. The molecule has 2 N–H and O–H groups in total. The summed E-state index contributed by atoms with van der Waals surface area (Å²) < 4.78 is 11.4. The maximum Gasteiger partial charge on any atom is 0.142 e. The first-order valence-corrected chi connectivity index (χ1v) is 7.79. The Hall–Kier alpha value is -1.26. The predicted octanol–water partition coefficient (Wildman–Crippen LogP) is 2.81. The van der Waals surface area contributed by atoms with Gasteiger partial charge in [-0.05, 0) is 38.8 Å². The maximum atomic E-state index is 6.09. The molecule has 1 aliphatic rings. The summed E-state index contributed by atoms with van der Waals surface area (Å²) in [7, 11) is 1.74. The van der Waals surface area contributed by atoms with Gasteiger partial charge in [-0.2, -0.15) is 0 Å². The van der Waals surface area contributed by atoms with E-state index in [-0.39, 0.29) is 11.6 Å². The average Bonchev–Trinajstić information content (AvgIpc) is 2.47. The van der Waals surface area contributed by atoms with Gasteiger partial charge in [0.15, 0.2) is 0 Å². The van der Waals surface area contributed by atoms with Crippen LogP contribution in [0.1, 0.15) is 33.1 Å². The van der Waals surface area contributed by atoms with Crippen LogP contribution in [0.5, 0.6) is 5.75 Å². The van der Waals surface area contributed by atoms with E-state index in [1.54, 1.807) is 7.11 Å². The van der Waals surface area contributed by atoms with Gasteiger partial charge in [-0.25, -0.2) is 0 Å². The number of para-hydroxylation sites is 2. The molecule has 21 heavy (non-hydrogen) atoms. The summed E-state index contributed by atoms with van der Waals surface area (Å²) in [6.07, 6.45) is 3.12. The van der Waals surface area contributed by atoms with E-state index in [4.69, 9.17) is 15.2 Å². The molecule has 1 saturated heterocycles. The van der Waals surface area contributed by atoms with Crippen LogP contribution in [-0.4, -0.2) is 38.4 Å². The average molecular weight is 292 g/mol. The molecule has 0 saturated carbocycles. The third-order valence-electron chi connectivity index (χ3n) is 4.18. The molecule has 118 valence electrons. The highest BCUT2D eigenvalue weighted by Gasteiger charge is 2.20. The molecule has 4 heteroatoms. The molecule has 1 heterocycles. The van der Waals surface area contributed by atoms with Crippen LogP contribution in [0.2, 0.25) is 0 Å². The minimum Gasteiger partial charge on any atom is -0.491 e. The molecule has 0 aromatic heterocycles. The van der Waals surface area contributed by atoms with E-state index in [0.29, 0.717) is 6.61 Å². The summed E-state index contributed by atoms with van der Waals surface area (Å²) in [5.41, 5.74) is 7.09. The Kier molecular flexibility index (Phi) is 5.48. The number of benzene rings is 1. The molecule has 1 atom stereocenters. The summed E-state index contributed by atoms with van der Waals surface area (Å²) in [5.74, 6) is 0.943. The molecule has 0 radical (unpaired) electrons. The van der Waals surface area contributed by atoms with Crippen LogP contribution in [0, 0.1) is 0 Å². The summed E-state index contributed by atoms with van der Waals surface area (Å²) in [4.78, 5) is 2.34. The van der Waals surface area contributed by atoms with Gasteiger partial charge in [0, 0.05) is 32.7 Å². The second-order valence-electron chi connectivity index (χ2n) is 6.38. The highest BCUT2D eigenvalue weighted by atomic mass is 16.5. The lowest BCUT2D eigenvalue weighted by molar-refractivity contribution is 0.00549. The van der Waals surface area contributed by atoms with Crippen molar-refractivity contribution >= 4 is 5.69 Å². The molecule has 1 fully saturated rings. The fourth-order valence-corrected chi connectivity index (χ4v) is 2.58. The molecule has 1 aromatic rings. The van der Waals surface area contributed by atoms with E-state index in [0.717, 1.165) is 43.8 Å². The molecular formula is C17H28N2O2. The van der Waals surface area contributed by atoms with E-state index >= 15 is 0 Å². The van der Waals surface area contributed by atoms with E-state index in [1.165, 1.54) is 0 Å². The van der Waals surface area contributed by atoms with Crippen molar-refractivity contribution in [2.75, 3.05) is 31.7 Å². The number of methoxy groups -OCH3 is 1. The molecule has 0 amide bonds. The van der Waals surface area contributed by atoms with Crippen LogP contribution in [0.25, 0.3) is 0 Å². The Labute approximate surface area is 128 Å². The Bertz CT molecular complexity index is 448. The van der Waals surface area contributed by atoms with Gasteiger partial charge in [0.1, 0.15) is 5.75 Å². The molecule has 1 aliphatic heterocycles. The Morgan fingerprint density at radius 3 is 2.81 bits per heavy atom. The number of hydrogen-bond donors (Lipinski definition) is 1. The first-order chi connectivity index (χ1) is 10.0. The van der Waals surface area contributed by atoms with Gasteiger partial charge in [0.2, 0.25) is 0 Å². The first kappa shape index (κ1) is 16.1. The summed E-state index contributed by atoms with van der Waals surface area (Å²) in [6, 6.07) is 8.50. The minimum atomic E-state index is -0.150. The van der Waals surface area contributed by atoms with Crippen molar-refractivity contribution in [2.24, 2.45) is 5.73 Å². The number of hydrogen-bond acceptors (Lipinski definition) is 4. The van der Waals surface area contributed by atoms with Gasteiger partial charge in [0.05, 0.1) is 17.9 Å². The van der Waals surface area contributed by atoms with E-state index < -0.39 is 0 Å². The van der Waals surface area contributed by atoms with Gasteiger partial charge < -0.3 is 20.1 Å². The molecule has 0 spiro atoms. The van der Waals surface area contributed by atoms with Crippen LogP contribution in [0.4, 0.5) is 5.69 Å². The van der Waals surface area contributed by atoms with Crippen molar-refractivity contribution in [2.45, 2.75) is 44.8 Å². The van der Waals surface area contributed by atoms with Crippen LogP contribution in [0.3, 0.4) is 0 Å². The number of nitrogens with two attached hydrogens (primary N) is 1. The van der Waals surface area contributed by atoms with Crippen LogP contribution in [0.15, 0.2) is 24.3 Å². The summed E-state index contributed by atoms with van der Waals surface area (Å²) in [5, 5.41) is 0. The lowest BCUT2D eigenvalue weighted by Gasteiger charge is -2.33. The first-order valence-electron chi connectivity index (χ1n) is 7.79. The summed E-state index contributed by atoms with van der Waals surface area (Å²) >= 11 is 0. The second kappa shape index (κ2) is 7.14. The monoisotopic (exact) mass is 292 g/mol. The van der Waals surface area contributed by atoms with Crippen molar-refractivity contribution in [1.29, 1.82) is 0 Å². The van der Waals surface area contributed by atoms with Crippen molar-refractivity contribution in [3.63, 3.8) is 0 Å². The lowest BCUT2D eigenvalue weighted by atomic mass is 10.1. The largest absolute Gasteiger partial charge is 0.491 e. The Morgan fingerprint density at radius 1 is 1.33 bits per heavy atom. The van der Waals surface area contributed by atoms with Crippen molar-refractivity contribution < 1.29 is 9.47 Å². The van der Waals surface area contributed by atoms with E-state index in [9.17, 15) is 0 Å². The number of nitrogens with zero attached hydrogens (tertiary/aromatic N) is 1. The zero-order valence-corrected chi connectivity index (χ0v) is 13.5. The molecular weight excluding hydrogens is 264 g/mol. The fourth-order valence-electron chi connectivity index (χ4n) is 2.58. The topological polar surface area (TPSA) is 47.7 Å². The number of piperidine rings is 1. The second-order valence-corrected chi connectivity index (χ2v) is 6.38. The quantitative estimate of drug-likeness (QED) is 0.876. The third-order valence-corrected chi connectivity index (χ3v) is 4.18. The summed E-state index contributed by atoms with van der Waals surface area (Å²) in [6.45, 7) is 6.76. The standard InChI is InChI=1S/C17H28N2O2/c1-17(2,20-3)10-12-21-16-9-5-4-8-15(16)19-11-6-7-14(18)13-19/h4-5,8-9,14H,6-7,10-13,18H2,1-3H3. The molecule has 1 aromatic carbocycles. The molecule has 1 unspecified atom stereocenters. The normalized spacial score (nSPS) is 19.6. The Morgan fingerprint density at radius 2 is 2.10 bits per heavy atom. The van der Waals surface area contributed by atoms with Crippen molar-refractivity contribution in [1.82, 2.24) is 0 Å². The smallest absolute Gasteiger partial charge is 0.142 e. The molecule has 0 aliphatic carbocycles. The Balaban J connectivity index is 2.00. The van der Waals surface area contributed by atoms with E-state index in [2.05, 4.69) is 30.9 Å². The molecule has 4 nitrogen and oxygen atoms in total. The van der Waals surface area contributed by atoms with Gasteiger partial charge in [-0.3, -0.25) is 0 Å². The van der Waals surface area contributed by atoms with Gasteiger partial charge in [-0.15, -0.1) is 0 Å². The fraction of sp³-hybridized carbons (Fsp3) is 0.647. The van der Waals surface area contributed by atoms with Gasteiger partial charge in [-0.1, -0.05) is 12.1 Å². The van der Waals surface area contributed by atoms with Gasteiger partial charge in [0.25, 0.3) is 0 Å². The molecule has 0 bridgehead atoms. The molecule has 2 rings (SSSR count). The van der Waals surface area contributed by atoms with Crippen LogP contribution < -0.4 is 15.4 Å².